The number of anilines is 1. The standard InChI is InChI=1S/C21H24N4O3S/c1-14(2)15-8-10-16(11-9-15)28-12-19-23-21(25-24-19)29-13-20(26)22-17-6-4-5-7-18(17)27-3/h4-11,14H,12-13H2,1-3H3,(H,22,26)(H,23,24,25). The number of H-pyrrole nitrogens is 1. The first kappa shape index (κ1) is 20.7. The monoisotopic (exact) mass is 412 g/mol. The highest BCUT2D eigenvalue weighted by molar-refractivity contribution is 7.99. The molecule has 8 heteroatoms. The fraction of sp³-hybridized carbons (Fsp3) is 0.286. The number of hydrogen-bond donors (Lipinski definition) is 2. The molecule has 0 unspecified atom stereocenters. The highest BCUT2D eigenvalue weighted by Gasteiger charge is 2.10. The first-order valence-corrected chi connectivity index (χ1v) is 10.2. The first-order valence-electron chi connectivity index (χ1n) is 9.25. The Morgan fingerprint density at radius 2 is 1.93 bits per heavy atom. The number of rotatable bonds is 9. The number of ether oxygens (including phenoxy) is 2. The second kappa shape index (κ2) is 9.97. The first-order chi connectivity index (χ1) is 14.0. The quantitative estimate of drug-likeness (QED) is 0.511. The number of carbonyl (C=O) groups excluding carboxylic acids is 1. The van der Waals surface area contributed by atoms with Crippen molar-refractivity contribution in [2.24, 2.45) is 0 Å². The third-order valence-corrected chi connectivity index (χ3v) is 4.99. The van der Waals surface area contributed by atoms with Crippen molar-refractivity contribution in [1.29, 1.82) is 0 Å². The van der Waals surface area contributed by atoms with Gasteiger partial charge in [-0.25, -0.2) is 4.98 Å². The summed E-state index contributed by atoms with van der Waals surface area (Å²) in [5, 5.41) is 10.3. The zero-order valence-electron chi connectivity index (χ0n) is 16.6. The minimum atomic E-state index is -0.160. The molecule has 3 aromatic rings. The summed E-state index contributed by atoms with van der Waals surface area (Å²) >= 11 is 1.25. The van der Waals surface area contributed by atoms with Gasteiger partial charge in [0, 0.05) is 0 Å². The fourth-order valence-corrected chi connectivity index (χ4v) is 3.19. The Morgan fingerprint density at radius 3 is 2.66 bits per heavy atom. The maximum atomic E-state index is 12.2. The van der Waals surface area contributed by atoms with Crippen molar-refractivity contribution in [3.8, 4) is 11.5 Å². The topological polar surface area (TPSA) is 89.1 Å². The van der Waals surface area contributed by atoms with Crippen LogP contribution in [0.2, 0.25) is 0 Å². The summed E-state index contributed by atoms with van der Waals surface area (Å²) < 4.78 is 11.0. The summed E-state index contributed by atoms with van der Waals surface area (Å²) in [4.78, 5) is 16.5. The largest absolute Gasteiger partial charge is 0.495 e. The second-order valence-electron chi connectivity index (χ2n) is 6.61. The predicted molar refractivity (Wildman–Crippen MR) is 114 cm³/mol. The van der Waals surface area contributed by atoms with Gasteiger partial charge in [-0.3, -0.25) is 9.89 Å². The fourth-order valence-electron chi connectivity index (χ4n) is 2.57. The molecule has 152 valence electrons. The van der Waals surface area contributed by atoms with Gasteiger partial charge in [-0.1, -0.05) is 49.9 Å². The van der Waals surface area contributed by atoms with Crippen molar-refractivity contribution in [2.75, 3.05) is 18.2 Å². The van der Waals surface area contributed by atoms with Gasteiger partial charge in [0.1, 0.15) is 18.1 Å². The summed E-state index contributed by atoms with van der Waals surface area (Å²) in [6.07, 6.45) is 0. The van der Waals surface area contributed by atoms with Crippen LogP contribution < -0.4 is 14.8 Å². The molecule has 0 saturated heterocycles. The Balaban J connectivity index is 1.46. The molecule has 29 heavy (non-hydrogen) atoms. The van der Waals surface area contributed by atoms with Crippen LogP contribution in [0.1, 0.15) is 31.2 Å². The van der Waals surface area contributed by atoms with Gasteiger partial charge in [0.2, 0.25) is 11.1 Å². The number of benzene rings is 2. The van der Waals surface area contributed by atoms with Gasteiger partial charge in [0.15, 0.2) is 5.82 Å². The number of carbonyl (C=O) groups is 1. The van der Waals surface area contributed by atoms with E-state index in [2.05, 4.69) is 46.5 Å². The molecule has 0 bridgehead atoms. The molecular formula is C21H24N4O3S. The maximum absolute atomic E-state index is 12.2. The van der Waals surface area contributed by atoms with Crippen LogP contribution in [0, 0.1) is 0 Å². The van der Waals surface area contributed by atoms with Crippen LogP contribution in [0.5, 0.6) is 11.5 Å². The zero-order valence-corrected chi connectivity index (χ0v) is 17.5. The van der Waals surface area contributed by atoms with Crippen molar-refractivity contribution in [3.05, 3.63) is 59.9 Å². The Morgan fingerprint density at radius 1 is 1.17 bits per heavy atom. The number of amides is 1. The van der Waals surface area contributed by atoms with Crippen molar-refractivity contribution in [1.82, 2.24) is 15.2 Å². The molecule has 0 aliphatic carbocycles. The molecule has 3 rings (SSSR count). The van der Waals surface area contributed by atoms with Crippen molar-refractivity contribution in [2.45, 2.75) is 31.5 Å². The molecule has 2 N–H and O–H groups in total. The Labute approximate surface area is 174 Å². The maximum Gasteiger partial charge on any atom is 0.234 e. The number of para-hydroxylation sites is 2. The molecule has 2 aromatic carbocycles. The smallest absolute Gasteiger partial charge is 0.234 e. The van der Waals surface area contributed by atoms with Gasteiger partial charge in [-0.05, 0) is 35.7 Å². The highest BCUT2D eigenvalue weighted by atomic mass is 32.2. The van der Waals surface area contributed by atoms with Crippen LogP contribution in [0.15, 0.2) is 53.7 Å². The number of methoxy groups -OCH3 is 1. The summed E-state index contributed by atoms with van der Waals surface area (Å²) in [5.74, 6) is 2.50. The van der Waals surface area contributed by atoms with E-state index >= 15 is 0 Å². The number of aromatic amines is 1. The molecule has 0 spiro atoms. The van der Waals surface area contributed by atoms with Crippen LogP contribution in [0.25, 0.3) is 0 Å². The van der Waals surface area contributed by atoms with Crippen LogP contribution in [0.3, 0.4) is 0 Å². The van der Waals surface area contributed by atoms with E-state index in [1.54, 1.807) is 19.2 Å². The molecule has 1 amide bonds. The van der Waals surface area contributed by atoms with Crippen LogP contribution in [0.4, 0.5) is 5.69 Å². The average molecular weight is 413 g/mol. The van der Waals surface area contributed by atoms with E-state index in [0.29, 0.717) is 28.3 Å². The van der Waals surface area contributed by atoms with Gasteiger partial charge in [0.05, 0.1) is 18.6 Å². The van der Waals surface area contributed by atoms with Crippen molar-refractivity contribution >= 4 is 23.4 Å². The van der Waals surface area contributed by atoms with E-state index in [4.69, 9.17) is 9.47 Å². The van der Waals surface area contributed by atoms with Crippen LogP contribution in [-0.2, 0) is 11.4 Å². The lowest BCUT2D eigenvalue weighted by Gasteiger charge is -2.08. The van der Waals surface area contributed by atoms with Gasteiger partial charge in [-0.15, -0.1) is 5.10 Å². The summed E-state index contributed by atoms with van der Waals surface area (Å²) in [7, 11) is 1.57. The Hall–Kier alpha value is -3.00. The van der Waals surface area contributed by atoms with E-state index in [-0.39, 0.29) is 18.3 Å². The van der Waals surface area contributed by atoms with Gasteiger partial charge in [0.25, 0.3) is 0 Å². The molecule has 0 fully saturated rings. The minimum Gasteiger partial charge on any atom is -0.495 e. The van der Waals surface area contributed by atoms with Gasteiger partial charge in [-0.2, -0.15) is 0 Å². The number of thioether (sulfide) groups is 1. The summed E-state index contributed by atoms with van der Waals surface area (Å²) in [6.45, 7) is 4.59. The SMILES string of the molecule is COc1ccccc1NC(=O)CSc1n[nH]c(COc2ccc(C(C)C)cc2)n1. The number of nitrogens with one attached hydrogen (secondary N) is 2. The molecule has 0 radical (unpaired) electrons. The number of aromatic nitrogens is 3. The van der Waals surface area contributed by atoms with E-state index in [0.717, 1.165) is 5.75 Å². The number of nitrogens with zero attached hydrogens (tertiary/aromatic N) is 2. The van der Waals surface area contributed by atoms with E-state index < -0.39 is 0 Å². The Kier molecular flexibility index (Phi) is 7.13. The lowest BCUT2D eigenvalue weighted by Crippen LogP contribution is -2.14. The zero-order chi connectivity index (χ0) is 20.6. The normalized spacial score (nSPS) is 10.8. The van der Waals surface area contributed by atoms with Gasteiger partial charge < -0.3 is 14.8 Å². The Bertz CT molecular complexity index is 941. The second-order valence-corrected chi connectivity index (χ2v) is 7.56. The van der Waals surface area contributed by atoms with E-state index in [1.165, 1.54) is 17.3 Å². The van der Waals surface area contributed by atoms with Crippen molar-refractivity contribution in [3.63, 3.8) is 0 Å². The molecule has 0 atom stereocenters. The lowest BCUT2D eigenvalue weighted by molar-refractivity contribution is -0.113. The third-order valence-electron chi connectivity index (χ3n) is 4.15. The molecule has 7 nitrogen and oxygen atoms in total. The van der Waals surface area contributed by atoms with E-state index in [1.807, 2.05) is 24.3 Å². The van der Waals surface area contributed by atoms with Crippen molar-refractivity contribution < 1.29 is 14.3 Å². The highest BCUT2D eigenvalue weighted by Crippen LogP contribution is 2.24. The van der Waals surface area contributed by atoms with Crippen LogP contribution >= 0.6 is 11.8 Å². The average Bonchev–Trinajstić information content (AvgIpc) is 3.19. The summed E-state index contributed by atoms with van der Waals surface area (Å²) in [6, 6.07) is 15.3. The molecule has 1 aromatic heterocycles. The molecule has 0 aliphatic heterocycles. The van der Waals surface area contributed by atoms with Gasteiger partial charge >= 0.3 is 0 Å². The predicted octanol–water partition coefficient (Wildman–Crippen LogP) is 4.25. The van der Waals surface area contributed by atoms with Crippen LogP contribution in [-0.4, -0.2) is 34.0 Å². The molecular weight excluding hydrogens is 388 g/mol. The third kappa shape index (κ3) is 5.99. The van der Waals surface area contributed by atoms with E-state index in [9.17, 15) is 4.79 Å². The molecule has 0 aliphatic rings. The minimum absolute atomic E-state index is 0.160. The lowest BCUT2D eigenvalue weighted by atomic mass is 10.0. The summed E-state index contributed by atoms with van der Waals surface area (Å²) in [5.41, 5.74) is 1.90. The molecule has 1 heterocycles. The number of hydrogen-bond acceptors (Lipinski definition) is 6. The molecule has 0 saturated carbocycles.